The predicted molar refractivity (Wildman–Crippen MR) is 131 cm³/mol. The zero-order valence-electron chi connectivity index (χ0n) is 19.1. The van der Waals surface area contributed by atoms with Crippen molar-refractivity contribution >= 4 is 23.4 Å². The van der Waals surface area contributed by atoms with Gasteiger partial charge in [0.2, 0.25) is 0 Å². The van der Waals surface area contributed by atoms with Crippen molar-refractivity contribution in [2.24, 2.45) is 0 Å². The predicted octanol–water partition coefficient (Wildman–Crippen LogP) is 4.77. The minimum atomic E-state index is -0.281. The molecule has 1 aliphatic rings. The van der Waals surface area contributed by atoms with Crippen LogP contribution >= 0.6 is 0 Å². The van der Waals surface area contributed by atoms with Crippen LogP contribution in [0.2, 0.25) is 0 Å². The Balaban J connectivity index is 1.49. The molecule has 5 heterocycles. The quantitative estimate of drug-likeness (QED) is 0.473. The van der Waals surface area contributed by atoms with Gasteiger partial charge in [0.05, 0.1) is 17.6 Å². The second-order valence-corrected chi connectivity index (χ2v) is 8.04. The lowest BCUT2D eigenvalue weighted by Crippen LogP contribution is -2.36. The smallest absolute Gasteiger partial charge is 0.328 e. The number of oxazole rings is 1. The Labute approximate surface area is 197 Å². The van der Waals surface area contributed by atoms with Gasteiger partial charge in [-0.15, -0.1) is 0 Å². The summed E-state index contributed by atoms with van der Waals surface area (Å²) in [5.74, 6) is 1.67. The fourth-order valence-corrected chi connectivity index (χ4v) is 4.11. The van der Waals surface area contributed by atoms with Crippen LogP contribution in [-0.4, -0.2) is 45.6 Å². The van der Waals surface area contributed by atoms with E-state index in [4.69, 9.17) is 9.40 Å². The molecule has 5 rings (SSSR count). The highest BCUT2D eigenvalue weighted by molar-refractivity contribution is 6.03. The molecule has 0 radical (unpaired) electrons. The van der Waals surface area contributed by atoms with E-state index in [0.717, 1.165) is 47.7 Å². The van der Waals surface area contributed by atoms with E-state index in [1.54, 1.807) is 35.6 Å². The maximum absolute atomic E-state index is 13.4. The molecule has 1 aliphatic heterocycles. The summed E-state index contributed by atoms with van der Waals surface area (Å²) >= 11 is 0. The molecular weight excluding hydrogens is 430 g/mol. The summed E-state index contributed by atoms with van der Waals surface area (Å²) in [4.78, 5) is 34.9. The van der Waals surface area contributed by atoms with Crippen molar-refractivity contribution in [2.45, 2.75) is 20.3 Å². The molecule has 0 aromatic carbocycles. The van der Waals surface area contributed by atoms with Crippen LogP contribution < -0.4 is 15.1 Å². The first-order valence-corrected chi connectivity index (χ1v) is 11.2. The highest BCUT2D eigenvalue weighted by Gasteiger charge is 2.27. The molecule has 0 unspecified atom stereocenters. The first kappa shape index (κ1) is 21.6. The molecule has 9 nitrogen and oxygen atoms in total. The summed E-state index contributed by atoms with van der Waals surface area (Å²) < 4.78 is 5.36. The van der Waals surface area contributed by atoms with E-state index in [9.17, 15) is 4.79 Å². The Morgan fingerprint density at radius 3 is 2.74 bits per heavy atom. The number of carbonyl (C=O) groups excluding carboxylic acids is 1. The van der Waals surface area contributed by atoms with Gasteiger partial charge in [0.1, 0.15) is 5.82 Å². The van der Waals surface area contributed by atoms with Gasteiger partial charge in [0.15, 0.2) is 18.0 Å². The van der Waals surface area contributed by atoms with Crippen LogP contribution in [0.15, 0.2) is 65.8 Å². The molecule has 0 fully saturated rings. The summed E-state index contributed by atoms with van der Waals surface area (Å²) in [7, 11) is 0. The Morgan fingerprint density at radius 2 is 1.94 bits per heavy atom. The molecule has 0 aliphatic carbocycles. The van der Waals surface area contributed by atoms with Crippen LogP contribution in [0.5, 0.6) is 0 Å². The van der Waals surface area contributed by atoms with Crippen molar-refractivity contribution in [3.8, 4) is 22.6 Å². The summed E-state index contributed by atoms with van der Waals surface area (Å²) in [5.41, 5.74) is 4.39. The van der Waals surface area contributed by atoms with Crippen molar-refractivity contribution in [1.29, 1.82) is 0 Å². The van der Waals surface area contributed by atoms with Gasteiger partial charge in [0, 0.05) is 48.8 Å². The van der Waals surface area contributed by atoms with Gasteiger partial charge in [-0.2, -0.15) is 0 Å². The second-order valence-electron chi connectivity index (χ2n) is 8.04. The van der Waals surface area contributed by atoms with E-state index in [0.29, 0.717) is 23.9 Å². The lowest BCUT2D eigenvalue weighted by Gasteiger charge is -2.25. The minimum absolute atomic E-state index is 0.281. The molecule has 0 saturated heterocycles. The average molecular weight is 456 g/mol. The van der Waals surface area contributed by atoms with Gasteiger partial charge >= 0.3 is 6.03 Å². The Hall–Kier alpha value is -4.27. The summed E-state index contributed by atoms with van der Waals surface area (Å²) in [5, 5.41) is 2.93. The van der Waals surface area contributed by atoms with E-state index >= 15 is 0 Å². The van der Waals surface area contributed by atoms with Crippen LogP contribution in [0.4, 0.5) is 22.1 Å². The van der Waals surface area contributed by atoms with Gasteiger partial charge in [-0.3, -0.25) is 15.2 Å². The lowest BCUT2D eigenvalue weighted by atomic mass is 10.1. The van der Waals surface area contributed by atoms with Gasteiger partial charge < -0.3 is 9.32 Å². The van der Waals surface area contributed by atoms with E-state index in [1.165, 1.54) is 6.39 Å². The van der Waals surface area contributed by atoms with Gasteiger partial charge in [-0.25, -0.2) is 19.7 Å². The third-order valence-corrected chi connectivity index (χ3v) is 5.79. The third-order valence-electron chi connectivity index (χ3n) is 5.79. The fourth-order valence-electron chi connectivity index (χ4n) is 4.11. The number of aromatic nitrogens is 4. The van der Waals surface area contributed by atoms with Crippen LogP contribution in [0.25, 0.3) is 22.6 Å². The number of urea groups is 1. The van der Waals surface area contributed by atoms with Gasteiger partial charge in [-0.05, 0) is 56.7 Å². The first-order chi connectivity index (χ1) is 16.6. The third kappa shape index (κ3) is 4.32. The van der Waals surface area contributed by atoms with Crippen molar-refractivity contribution in [3.63, 3.8) is 0 Å². The van der Waals surface area contributed by atoms with E-state index in [1.807, 2.05) is 31.2 Å². The van der Waals surface area contributed by atoms with E-state index < -0.39 is 0 Å². The topological polar surface area (TPSA) is 100 Å². The number of carbonyl (C=O) groups is 1. The molecule has 0 atom stereocenters. The van der Waals surface area contributed by atoms with E-state index in [-0.39, 0.29) is 6.03 Å². The molecule has 0 saturated carbocycles. The Kier molecular flexibility index (Phi) is 5.90. The normalized spacial score (nSPS) is 13.4. The molecule has 2 amide bonds. The highest BCUT2D eigenvalue weighted by Crippen LogP contribution is 2.34. The average Bonchev–Trinajstić information content (AvgIpc) is 3.33. The van der Waals surface area contributed by atoms with Gasteiger partial charge in [-0.1, -0.05) is 0 Å². The van der Waals surface area contributed by atoms with Crippen LogP contribution in [0.1, 0.15) is 19.0 Å². The number of amides is 2. The molecule has 4 aromatic rings. The molecule has 9 heteroatoms. The van der Waals surface area contributed by atoms with Crippen molar-refractivity contribution < 1.29 is 9.21 Å². The summed E-state index contributed by atoms with van der Waals surface area (Å²) in [6.07, 6.45) is 7.22. The Morgan fingerprint density at radius 1 is 1.09 bits per heavy atom. The van der Waals surface area contributed by atoms with Crippen molar-refractivity contribution in [1.82, 2.24) is 19.9 Å². The van der Waals surface area contributed by atoms with Crippen molar-refractivity contribution in [3.05, 3.63) is 67.1 Å². The zero-order valence-corrected chi connectivity index (χ0v) is 19.1. The first-order valence-electron chi connectivity index (χ1n) is 11.2. The van der Waals surface area contributed by atoms with Crippen LogP contribution in [0.3, 0.4) is 0 Å². The number of hydrogen-bond donors (Lipinski definition) is 1. The monoisotopic (exact) mass is 455 g/mol. The van der Waals surface area contributed by atoms with E-state index in [2.05, 4.69) is 32.1 Å². The maximum Gasteiger partial charge on any atom is 0.328 e. The minimum Gasteiger partial charge on any atom is -0.444 e. The number of hydrogen-bond acceptors (Lipinski definition) is 7. The molecule has 0 spiro atoms. The number of pyridine rings is 3. The summed E-state index contributed by atoms with van der Waals surface area (Å²) in [6, 6.07) is 11.3. The SMILES string of the molecule is CCN1CCCN(C(=O)Nc2cc(-c3cnco3)ccn2)c2nc(-c3ccnc(C)c3)ccc21. The fraction of sp³-hybridized carbons (Fsp3) is 0.240. The highest BCUT2D eigenvalue weighted by atomic mass is 16.3. The molecule has 4 aromatic heterocycles. The molecule has 1 N–H and O–H groups in total. The van der Waals surface area contributed by atoms with Crippen LogP contribution in [-0.2, 0) is 0 Å². The number of anilines is 3. The number of nitrogens with one attached hydrogen (secondary N) is 1. The number of rotatable bonds is 4. The number of nitrogens with zero attached hydrogens (tertiary/aromatic N) is 6. The van der Waals surface area contributed by atoms with Crippen LogP contribution in [0, 0.1) is 6.92 Å². The van der Waals surface area contributed by atoms with Gasteiger partial charge in [0.25, 0.3) is 0 Å². The Bertz CT molecular complexity index is 1310. The maximum atomic E-state index is 13.4. The van der Waals surface area contributed by atoms with Crippen molar-refractivity contribution in [2.75, 3.05) is 34.8 Å². The molecule has 0 bridgehead atoms. The second kappa shape index (κ2) is 9.30. The summed E-state index contributed by atoms with van der Waals surface area (Å²) in [6.45, 7) is 6.29. The zero-order chi connectivity index (χ0) is 23.5. The standard InChI is InChI=1S/C25H25N7O2/c1-3-31-11-4-12-32(24-21(31)6-5-20(29-24)18-7-9-27-17(2)13-18)25(33)30-23-14-19(8-10-28-23)22-15-26-16-34-22/h5-10,13-16H,3-4,11-12H2,1-2H3,(H,28,30,33). The number of fused-ring (bicyclic) bond motifs is 1. The molecule has 34 heavy (non-hydrogen) atoms. The molecule has 172 valence electrons. The lowest BCUT2D eigenvalue weighted by molar-refractivity contribution is 0.256. The largest absolute Gasteiger partial charge is 0.444 e. The molecular formula is C25H25N7O2. The number of aryl methyl sites for hydroxylation is 1.